The first kappa shape index (κ1) is 17.6. The Hall–Kier alpha value is -2.21. The second kappa shape index (κ2) is 6.96. The number of hydrogen-bond acceptors (Lipinski definition) is 2. The number of carbonyl (C=O) groups is 2. The highest BCUT2D eigenvalue weighted by Crippen LogP contribution is 2.31. The molecule has 1 heterocycles. The Kier molecular flexibility index (Phi) is 4.90. The van der Waals surface area contributed by atoms with E-state index < -0.39 is 11.7 Å². The van der Waals surface area contributed by atoms with Crippen LogP contribution in [0.15, 0.2) is 46.9 Å². The topological polar surface area (TPSA) is 40.6 Å². The van der Waals surface area contributed by atoms with Crippen LogP contribution in [0.3, 0.4) is 0 Å². The molecule has 4 nitrogen and oxygen atoms in total. The number of amides is 2. The standard InChI is InChI=1S/C19H18BrFN2O2/c1-12-6-7-17(16(20)8-12)22(2)19(25)13-9-18(24)23(11-13)15-5-3-4-14(21)10-15/h3-8,10,13H,9,11H2,1-2H3. The van der Waals surface area contributed by atoms with Gasteiger partial charge in [0, 0.05) is 30.2 Å². The van der Waals surface area contributed by atoms with Crippen molar-refractivity contribution in [2.45, 2.75) is 13.3 Å². The number of benzene rings is 2. The summed E-state index contributed by atoms with van der Waals surface area (Å²) in [5.41, 5.74) is 2.33. The molecule has 1 atom stereocenters. The van der Waals surface area contributed by atoms with E-state index >= 15 is 0 Å². The lowest BCUT2D eigenvalue weighted by atomic mass is 10.1. The number of nitrogens with zero attached hydrogens (tertiary/aromatic N) is 2. The van der Waals surface area contributed by atoms with Crippen LogP contribution >= 0.6 is 15.9 Å². The van der Waals surface area contributed by atoms with Crippen LogP contribution in [0.1, 0.15) is 12.0 Å². The third-order valence-corrected chi connectivity index (χ3v) is 5.02. The van der Waals surface area contributed by atoms with Gasteiger partial charge in [-0.2, -0.15) is 0 Å². The van der Waals surface area contributed by atoms with Gasteiger partial charge < -0.3 is 9.80 Å². The molecule has 2 aromatic carbocycles. The van der Waals surface area contributed by atoms with Crippen LogP contribution < -0.4 is 9.80 Å². The monoisotopic (exact) mass is 404 g/mol. The smallest absolute Gasteiger partial charge is 0.232 e. The van der Waals surface area contributed by atoms with Gasteiger partial charge in [-0.3, -0.25) is 9.59 Å². The fourth-order valence-electron chi connectivity index (χ4n) is 3.04. The van der Waals surface area contributed by atoms with Gasteiger partial charge in [0.05, 0.1) is 11.6 Å². The molecule has 6 heteroatoms. The Balaban J connectivity index is 1.78. The van der Waals surface area contributed by atoms with Gasteiger partial charge in [0.1, 0.15) is 5.82 Å². The lowest BCUT2D eigenvalue weighted by Gasteiger charge is -2.23. The summed E-state index contributed by atoms with van der Waals surface area (Å²) in [5.74, 6) is -1.15. The van der Waals surface area contributed by atoms with E-state index in [1.54, 1.807) is 24.1 Å². The fraction of sp³-hybridized carbons (Fsp3) is 0.263. The van der Waals surface area contributed by atoms with Crippen LogP contribution in [0.4, 0.5) is 15.8 Å². The first-order valence-electron chi connectivity index (χ1n) is 7.96. The van der Waals surface area contributed by atoms with Crippen LogP contribution in [-0.4, -0.2) is 25.4 Å². The average molecular weight is 405 g/mol. The van der Waals surface area contributed by atoms with Gasteiger partial charge in [0.25, 0.3) is 0 Å². The number of anilines is 2. The van der Waals surface area contributed by atoms with Crippen molar-refractivity contribution in [1.82, 2.24) is 0 Å². The number of halogens is 2. The summed E-state index contributed by atoms with van der Waals surface area (Å²) in [6.07, 6.45) is 0.128. The van der Waals surface area contributed by atoms with E-state index in [1.807, 2.05) is 25.1 Å². The molecule has 3 rings (SSSR count). The van der Waals surface area contributed by atoms with Gasteiger partial charge >= 0.3 is 0 Å². The molecule has 0 aromatic heterocycles. The van der Waals surface area contributed by atoms with Gasteiger partial charge in [-0.1, -0.05) is 12.1 Å². The van der Waals surface area contributed by atoms with Gasteiger partial charge in [-0.15, -0.1) is 0 Å². The maximum Gasteiger partial charge on any atom is 0.232 e. The first-order chi connectivity index (χ1) is 11.9. The molecule has 25 heavy (non-hydrogen) atoms. The summed E-state index contributed by atoms with van der Waals surface area (Å²) in [6.45, 7) is 2.23. The predicted octanol–water partition coefficient (Wildman–Crippen LogP) is 3.91. The molecule has 1 saturated heterocycles. The van der Waals surface area contributed by atoms with Crippen molar-refractivity contribution in [2.24, 2.45) is 5.92 Å². The highest BCUT2D eigenvalue weighted by Gasteiger charge is 2.37. The summed E-state index contributed by atoms with van der Waals surface area (Å²) in [5, 5.41) is 0. The zero-order valence-electron chi connectivity index (χ0n) is 14.0. The van der Waals surface area contributed by atoms with E-state index in [9.17, 15) is 14.0 Å². The van der Waals surface area contributed by atoms with Crippen molar-refractivity contribution in [2.75, 3.05) is 23.4 Å². The van der Waals surface area contributed by atoms with Crippen molar-refractivity contribution in [3.8, 4) is 0 Å². The van der Waals surface area contributed by atoms with Gasteiger partial charge in [0.15, 0.2) is 0 Å². The number of rotatable bonds is 3. The lowest BCUT2D eigenvalue weighted by molar-refractivity contribution is -0.124. The van der Waals surface area contributed by atoms with Crippen molar-refractivity contribution >= 4 is 39.1 Å². The zero-order valence-corrected chi connectivity index (χ0v) is 15.6. The molecule has 1 fully saturated rings. The third kappa shape index (κ3) is 3.58. The first-order valence-corrected chi connectivity index (χ1v) is 8.76. The summed E-state index contributed by atoms with van der Waals surface area (Å²) >= 11 is 3.48. The Morgan fingerprint density at radius 1 is 1.28 bits per heavy atom. The Morgan fingerprint density at radius 2 is 2.04 bits per heavy atom. The lowest BCUT2D eigenvalue weighted by Crippen LogP contribution is -2.35. The predicted molar refractivity (Wildman–Crippen MR) is 99.1 cm³/mol. The number of carbonyl (C=O) groups excluding carboxylic acids is 2. The van der Waals surface area contributed by atoms with E-state index in [0.29, 0.717) is 5.69 Å². The van der Waals surface area contributed by atoms with Crippen molar-refractivity contribution in [3.63, 3.8) is 0 Å². The molecular weight excluding hydrogens is 387 g/mol. The molecule has 0 bridgehead atoms. The zero-order chi connectivity index (χ0) is 18.1. The van der Waals surface area contributed by atoms with Crippen LogP contribution in [0.25, 0.3) is 0 Å². The van der Waals surface area contributed by atoms with Crippen LogP contribution in [-0.2, 0) is 9.59 Å². The van der Waals surface area contributed by atoms with Crippen molar-refractivity contribution < 1.29 is 14.0 Å². The minimum atomic E-state index is -0.450. The minimum Gasteiger partial charge on any atom is -0.314 e. The second-order valence-corrected chi connectivity index (χ2v) is 7.09. The normalized spacial score (nSPS) is 17.0. The molecule has 130 valence electrons. The maximum absolute atomic E-state index is 13.4. The van der Waals surface area contributed by atoms with E-state index in [-0.39, 0.29) is 24.8 Å². The molecule has 0 spiro atoms. The maximum atomic E-state index is 13.4. The molecule has 1 aliphatic rings. The Bertz CT molecular complexity index is 840. The molecule has 1 unspecified atom stereocenters. The highest BCUT2D eigenvalue weighted by molar-refractivity contribution is 9.10. The largest absolute Gasteiger partial charge is 0.314 e. The third-order valence-electron chi connectivity index (χ3n) is 4.39. The highest BCUT2D eigenvalue weighted by atomic mass is 79.9. The average Bonchev–Trinajstić information content (AvgIpc) is 2.95. The Morgan fingerprint density at radius 3 is 2.72 bits per heavy atom. The van der Waals surface area contributed by atoms with Crippen LogP contribution in [0, 0.1) is 18.7 Å². The summed E-state index contributed by atoms with van der Waals surface area (Å²) in [7, 11) is 1.70. The molecule has 0 radical (unpaired) electrons. The summed E-state index contributed by atoms with van der Waals surface area (Å²) in [6, 6.07) is 11.6. The van der Waals surface area contributed by atoms with Crippen LogP contribution in [0.2, 0.25) is 0 Å². The fourth-order valence-corrected chi connectivity index (χ4v) is 3.80. The molecule has 0 aliphatic carbocycles. The van der Waals surface area contributed by atoms with E-state index in [0.717, 1.165) is 15.7 Å². The second-order valence-electron chi connectivity index (χ2n) is 6.24. The molecule has 0 saturated carbocycles. The summed E-state index contributed by atoms with van der Waals surface area (Å²) < 4.78 is 14.2. The molecule has 2 amide bonds. The van der Waals surface area contributed by atoms with E-state index in [2.05, 4.69) is 15.9 Å². The number of aryl methyl sites for hydroxylation is 1. The van der Waals surface area contributed by atoms with Gasteiger partial charge in [-0.25, -0.2) is 4.39 Å². The van der Waals surface area contributed by atoms with Crippen molar-refractivity contribution in [3.05, 3.63) is 58.3 Å². The van der Waals surface area contributed by atoms with Crippen LogP contribution in [0.5, 0.6) is 0 Å². The van der Waals surface area contributed by atoms with Gasteiger partial charge in [0.2, 0.25) is 11.8 Å². The van der Waals surface area contributed by atoms with E-state index in [4.69, 9.17) is 0 Å². The Labute approximate surface area is 154 Å². The molecule has 1 aliphatic heterocycles. The van der Waals surface area contributed by atoms with Gasteiger partial charge in [-0.05, 0) is 58.7 Å². The number of hydrogen-bond donors (Lipinski definition) is 0. The molecule has 2 aromatic rings. The molecule has 0 N–H and O–H groups in total. The van der Waals surface area contributed by atoms with E-state index in [1.165, 1.54) is 17.0 Å². The quantitative estimate of drug-likeness (QED) is 0.777. The minimum absolute atomic E-state index is 0.128. The van der Waals surface area contributed by atoms with Crippen molar-refractivity contribution in [1.29, 1.82) is 0 Å². The SMILES string of the molecule is Cc1ccc(N(C)C(=O)C2CC(=O)N(c3cccc(F)c3)C2)c(Br)c1. The summed E-state index contributed by atoms with van der Waals surface area (Å²) in [4.78, 5) is 28.2. The molecular formula is C19H18BrFN2O2.